The van der Waals surface area contributed by atoms with Crippen LogP contribution < -0.4 is 4.74 Å². The average molecular weight is 274 g/mol. The minimum absolute atomic E-state index is 0.244. The molecule has 0 atom stereocenters. The summed E-state index contributed by atoms with van der Waals surface area (Å²) in [4.78, 5) is 17.4. The van der Waals surface area contributed by atoms with Gasteiger partial charge < -0.3 is 14.7 Å². The molecule has 5 heteroatoms. The zero-order valence-electron chi connectivity index (χ0n) is 11.7. The molecule has 2 aromatic rings. The van der Waals surface area contributed by atoms with Gasteiger partial charge in [-0.2, -0.15) is 0 Å². The van der Waals surface area contributed by atoms with Gasteiger partial charge in [0.05, 0.1) is 17.7 Å². The van der Waals surface area contributed by atoms with E-state index in [4.69, 9.17) is 4.74 Å². The number of carbonyl (C=O) groups is 1. The molecule has 1 heterocycles. The fourth-order valence-electron chi connectivity index (χ4n) is 1.97. The molecule has 20 heavy (non-hydrogen) atoms. The Bertz CT molecular complexity index is 611. The summed E-state index contributed by atoms with van der Waals surface area (Å²) in [7, 11) is 4.03. The molecule has 0 saturated heterocycles. The van der Waals surface area contributed by atoms with Gasteiger partial charge in [-0.05, 0) is 44.8 Å². The Morgan fingerprint density at radius 1 is 1.35 bits per heavy atom. The van der Waals surface area contributed by atoms with E-state index in [0.717, 1.165) is 13.0 Å². The van der Waals surface area contributed by atoms with Gasteiger partial charge in [-0.3, -0.25) is 4.98 Å². The van der Waals surface area contributed by atoms with Crippen molar-refractivity contribution in [2.45, 2.75) is 6.42 Å². The quantitative estimate of drug-likeness (QED) is 0.819. The van der Waals surface area contributed by atoms with Crippen molar-refractivity contribution in [2.24, 2.45) is 0 Å². The van der Waals surface area contributed by atoms with Crippen LogP contribution in [0.5, 0.6) is 5.75 Å². The summed E-state index contributed by atoms with van der Waals surface area (Å²) >= 11 is 0. The van der Waals surface area contributed by atoms with Crippen molar-refractivity contribution >= 4 is 16.9 Å². The SMILES string of the molecule is CN(C)CCCOc1ccc2nccc(C(=O)O)c2c1. The summed E-state index contributed by atoms with van der Waals surface area (Å²) in [5, 5.41) is 9.78. The highest BCUT2D eigenvalue weighted by Gasteiger charge is 2.09. The van der Waals surface area contributed by atoms with E-state index in [0.29, 0.717) is 23.3 Å². The largest absolute Gasteiger partial charge is 0.494 e. The molecule has 0 fully saturated rings. The van der Waals surface area contributed by atoms with Crippen LogP contribution in [-0.2, 0) is 0 Å². The van der Waals surface area contributed by atoms with Crippen LogP contribution in [0.3, 0.4) is 0 Å². The molecule has 106 valence electrons. The van der Waals surface area contributed by atoms with Gasteiger partial charge in [0.15, 0.2) is 0 Å². The van der Waals surface area contributed by atoms with Crippen molar-refractivity contribution in [1.29, 1.82) is 0 Å². The standard InChI is InChI=1S/C15H18N2O3/c1-17(2)8-3-9-20-11-4-5-14-13(10-11)12(15(18)19)6-7-16-14/h4-7,10H,3,8-9H2,1-2H3,(H,18,19). The van der Waals surface area contributed by atoms with Gasteiger partial charge in [0.1, 0.15) is 5.75 Å². The second kappa shape index (κ2) is 6.34. The number of hydrogen-bond acceptors (Lipinski definition) is 4. The van der Waals surface area contributed by atoms with Crippen LogP contribution in [0.25, 0.3) is 10.9 Å². The summed E-state index contributed by atoms with van der Waals surface area (Å²) in [6.07, 6.45) is 2.42. The molecule has 0 radical (unpaired) electrons. The Morgan fingerprint density at radius 2 is 2.15 bits per heavy atom. The lowest BCUT2D eigenvalue weighted by atomic mass is 10.1. The molecule has 1 aromatic heterocycles. The summed E-state index contributed by atoms with van der Waals surface area (Å²) < 4.78 is 5.65. The molecule has 0 aliphatic carbocycles. The molecular formula is C15H18N2O3. The predicted octanol–water partition coefficient (Wildman–Crippen LogP) is 2.26. The van der Waals surface area contributed by atoms with Crippen molar-refractivity contribution < 1.29 is 14.6 Å². The molecule has 0 aliphatic heterocycles. The smallest absolute Gasteiger partial charge is 0.336 e. The van der Waals surface area contributed by atoms with Crippen LogP contribution in [-0.4, -0.2) is 48.2 Å². The van der Waals surface area contributed by atoms with E-state index in [1.165, 1.54) is 12.3 Å². The number of carboxylic acids is 1. The lowest BCUT2D eigenvalue weighted by Crippen LogP contribution is -2.15. The van der Waals surface area contributed by atoms with Gasteiger partial charge in [-0.15, -0.1) is 0 Å². The molecule has 0 aliphatic rings. The maximum atomic E-state index is 11.2. The highest BCUT2D eigenvalue weighted by atomic mass is 16.5. The van der Waals surface area contributed by atoms with E-state index in [2.05, 4.69) is 9.88 Å². The van der Waals surface area contributed by atoms with Crippen LogP contribution in [0.15, 0.2) is 30.5 Å². The van der Waals surface area contributed by atoms with E-state index in [9.17, 15) is 9.90 Å². The fraction of sp³-hybridized carbons (Fsp3) is 0.333. The van der Waals surface area contributed by atoms with Crippen molar-refractivity contribution in [1.82, 2.24) is 9.88 Å². The molecule has 0 unspecified atom stereocenters. The molecule has 0 spiro atoms. The highest BCUT2D eigenvalue weighted by molar-refractivity contribution is 6.02. The first-order chi connectivity index (χ1) is 9.58. The van der Waals surface area contributed by atoms with Crippen LogP contribution in [0.1, 0.15) is 16.8 Å². The molecule has 1 N–H and O–H groups in total. The number of ether oxygens (including phenoxy) is 1. The third-order valence-electron chi connectivity index (χ3n) is 2.96. The van der Waals surface area contributed by atoms with Crippen molar-refractivity contribution in [3.05, 3.63) is 36.0 Å². The molecule has 1 aromatic carbocycles. The molecule has 0 bridgehead atoms. The number of aromatic nitrogens is 1. The number of fused-ring (bicyclic) bond motifs is 1. The summed E-state index contributed by atoms with van der Waals surface area (Å²) in [6, 6.07) is 6.83. The Kier molecular flexibility index (Phi) is 4.53. The van der Waals surface area contributed by atoms with Gasteiger partial charge in [0, 0.05) is 18.1 Å². The second-order valence-electron chi connectivity index (χ2n) is 4.85. The normalized spacial score (nSPS) is 10.9. The number of pyridine rings is 1. The minimum Gasteiger partial charge on any atom is -0.494 e. The lowest BCUT2D eigenvalue weighted by molar-refractivity contribution is 0.0699. The predicted molar refractivity (Wildman–Crippen MR) is 77.4 cm³/mol. The van der Waals surface area contributed by atoms with Crippen molar-refractivity contribution in [2.75, 3.05) is 27.2 Å². The Morgan fingerprint density at radius 3 is 2.85 bits per heavy atom. The molecule has 0 amide bonds. The monoisotopic (exact) mass is 274 g/mol. The zero-order chi connectivity index (χ0) is 14.5. The van der Waals surface area contributed by atoms with E-state index in [1.807, 2.05) is 20.2 Å². The number of carboxylic acid groups (broad SMARTS) is 1. The third-order valence-corrected chi connectivity index (χ3v) is 2.96. The Labute approximate surface area is 117 Å². The van der Waals surface area contributed by atoms with Gasteiger partial charge >= 0.3 is 5.97 Å². The fourth-order valence-corrected chi connectivity index (χ4v) is 1.97. The van der Waals surface area contributed by atoms with Gasteiger partial charge in [0.25, 0.3) is 0 Å². The molecule has 5 nitrogen and oxygen atoms in total. The molecular weight excluding hydrogens is 256 g/mol. The highest BCUT2D eigenvalue weighted by Crippen LogP contribution is 2.22. The summed E-state index contributed by atoms with van der Waals surface area (Å²) in [6.45, 7) is 1.56. The molecule has 2 rings (SSSR count). The molecule has 0 saturated carbocycles. The topological polar surface area (TPSA) is 62.7 Å². The van der Waals surface area contributed by atoms with Crippen molar-refractivity contribution in [3.63, 3.8) is 0 Å². The van der Waals surface area contributed by atoms with Gasteiger partial charge in [-0.1, -0.05) is 0 Å². The van der Waals surface area contributed by atoms with Gasteiger partial charge in [-0.25, -0.2) is 4.79 Å². The minimum atomic E-state index is -0.956. The van der Waals surface area contributed by atoms with Crippen molar-refractivity contribution in [3.8, 4) is 5.75 Å². The first-order valence-corrected chi connectivity index (χ1v) is 6.47. The van der Waals surface area contributed by atoms with Crippen LogP contribution in [0.2, 0.25) is 0 Å². The van der Waals surface area contributed by atoms with E-state index >= 15 is 0 Å². The zero-order valence-corrected chi connectivity index (χ0v) is 11.7. The van der Waals surface area contributed by atoms with Crippen LogP contribution >= 0.6 is 0 Å². The van der Waals surface area contributed by atoms with E-state index in [-0.39, 0.29) is 5.56 Å². The van der Waals surface area contributed by atoms with E-state index in [1.54, 1.807) is 12.1 Å². The Balaban J connectivity index is 2.15. The number of rotatable bonds is 6. The maximum Gasteiger partial charge on any atom is 0.336 e. The first kappa shape index (κ1) is 14.3. The third kappa shape index (κ3) is 3.45. The summed E-state index contributed by atoms with van der Waals surface area (Å²) in [5.41, 5.74) is 0.902. The summed E-state index contributed by atoms with van der Waals surface area (Å²) in [5.74, 6) is -0.283. The van der Waals surface area contributed by atoms with Crippen LogP contribution in [0.4, 0.5) is 0 Å². The number of aromatic carboxylic acids is 1. The van der Waals surface area contributed by atoms with E-state index < -0.39 is 5.97 Å². The first-order valence-electron chi connectivity index (χ1n) is 6.47. The maximum absolute atomic E-state index is 11.2. The Hall–Kier alpha value is -2.14. The second-order valence-corrected chi connectivity index (χ2v) is 4.85. The average Bonchev–Trinajstić information content (AvgIpc) is 2.42. The number of nitrogens with zero attached hydrogens (tertiary/aromatic N) is 2. The number of hydrogen-bond donors (Lipinski definition) is 1. The lowest BCUT2D eigenvalue weighted by Gasteiger charge is -2.11. The number of benzene rings is 1. The van der Waals surface area contributed by atoms with Gasteiger partial charge in [0.2, 0.25) is 0 Å². The van der Waals surface area contributed by atoms with Crippen LogP contribution in [0, 0.1) is 0 Å².